The average molecular weight is 446 g/mol. The van der Waals surface area contributed by atoms with E-state index in [9.17, 15) is 5.11 Å². The smallest absolute Gasteiger partial charge is 0.220 e. The maximum absolute atomic E-state index is 10.3. The second-order valence-electron chi connectivity index (χ2n) is 11.3. The highest BCUT2D eigenvalue weighted by Crippen LogP contribution is 2.64. The molecule has 2 aromatic rings. The Balaban J connectivity index is 1.41. The number of hydrogen-bond acceptors (Lipinski definition) is 5. The molecule has 2 saturated carbocycles. The molecule has 174 valence electrons. The molecule has 6 rings (SSSR count). The Labute approximate surface area is 196 Å². The Morgan fingerprint density at radius 3 is 2.52 bits per heavy atom. The number of methoxy groups -OCH3 is 1. The van der Waals surface area contributed by atoms with Crippen molar-refractivity contribution in [2.24, 2.45) is 23.2 Å². The summed E-state index contributed by atoms with van der Waals surface area (Å²) < 4.78 is 5.35. The van der Waals surface area contributed by atoms with Gasteiger partial charge in [-0.25, -0.2) is 9.97 Å². The molecule has 0 radical (unpaired) electrons. The Bertz CT molecular complexity index is 1130. The van der Waals surface area contributed by atoms with E-state index in [1.165, 1.54) is 23.3 Å². The molecule has 33 heavy (non-hydrogen) atoms. The topological polar surface area (TPSA) is 81.3 Å². The molecule has 1 heterocycles. The molecule has 5 heteroatoms. The molecule has 0 aliphatic heterocycles. The summed E-state index contributed by atoms with van der Waals surface area (Å²) in [5.41, 5.74) is 12.6. The van der Waals surface area contributed by atoms with Crippen molar-refractivity contribution in [2.75, 3.05) is 12.8 Å². The monoisotopic (exact) mass is 445 g/mol. The summed E-state index contributed by atoms with van der Waals surface area (Å²) in [7, 11) is 1.69. The van der Waals surface area contributed by atoms with E-state index < -0.39 is 0 Å². The lowest BCUT2D eigenvalue weighted by Gasteiger charge is -2.57. The van der Waals surface area contributed by atoms with Crippen LogP contribution in [0.15, 0.2) is 35.9 Å². The van der Waals surface area contributed by atoms with Gasteiger partial charge < -0.3 is 15.6 Å². The van der Waals surface area contributed by atoms with Crippen LogP contribution in [0.3, 0.4) is 0 Å². The molecule has 0 unspecified atom stereocenters. The number of hydrogen-bond donors (Lipinski definition) is 2. The van der Waals surface area contributed by atoms with Crippen LogP contribution in [0.5, 0.6) is 5.75 Å². The van der Waals surface area contributed by atoms with E-state index in [0.717, 1.165) is 55.5 Å². The fourth-order valence-corrected chi connectivity index (χ4v) is 8.01. The van der Waals surface area contributed by atoms with Gasteiger partial charge in [0, 0.05) is 16.5 Å². The highest BCUT2D eigenvalue weighted by molar-refractivity contribution is 5.68. The second kappa shape index (κ2) is 7.30. The van der Waals surface area contributed by atoms with Crippen LogP contribution in [0.4, 0.5) is 5.95 Å². The van der Waals surface area contributed by atoms with Gasteiger partial charge in [-0.05, 0) is 92.4 Å². The summed E-state index contributed by atoms with van der Waals surface area (Å²) in [6.07, 6.45) is 9.76. The maximum Gasteiger partial charge on any atom is 0.220 e. The molecular formula is C28H35N3O2. The summed E-state index contributed by atoms with van der Waals surface area (Å²) >= 11 is 0. The minimum atomic E-state index is -0.157. The normalized spacial score (nSPS) is 36.8. The molecule has 2 fully saturated rings. The standard InChI is InChI=1S/C28H35N3O2/c1-27-12-10-18(32)14-17(27)6-9-20-22(27)11-13-28(2)23(20)15-21-24(30-26(29)31-25(21)28)16-4-7-19(33-3)8-5-16/h4-8,18,20,22-23,32H,9-15H2,1-3H3,(H2,29,30,31)/t18-,20-,22-,23-,27-,28-/m0/s1. The van der Waals surface area contributed by atoms with Gasteiger partial charge in [-0.15, -0.1) is 0 Å². The molecular weight excluding hydrogens is 410 g/mol. The van der Waals surface area contributed by atoms with E-state index in [1.807, 2.05) is 12.1 Å². The number of nitrogens with zero attached hydrogens (tertiary/aromatic N) is 2. The number of aromatic nitrogens is 2. The number of allylic oxidation sites excluding steroid dienone is 1. The first-order valence-electron chi connectivity index (χ1n) is 12.5. The van der Waals surface area contributed by atoms with Crippen LogP contribution in [-0.4, -0.2) is 28.3 Å². The summed E-state index contributed by atoms with van der Waals surface area (Å²) in [5.74, 6) is 3.11. The van der Waals surface area contributed by atoms with Crippen LogP contribution >= 0.6 is 0 Å². The van der Waals surface area contributed by atoms with Crippen molar-refractivity contribution in [3.8, 4) is 17.0 Å². The van der Waals surface area contributed by atoms with Gasteiger partial charge in [-0.3, -0.25) is 0 Å². The van der Waals surface area contributed by atoms with Gasteiger partial charge in [0.25, 0.3) is 0 Å². The van der Waals surface area contributed by atoms with Crippen molar-refractivity contribution in [2.45, 2.75) is 70.3 Å². The van der Waals surface area contributed by atoms with Crippen LogP contribution in [0.1, 0.15) is 63.6 Å². The van der Waals surface area contributed by atoms with Crippen molar-refractivity contribution in [3.63, 3.8) is 0 Å². The molecule has 6 atom stereocenters. The first-order valence-corrected chi connectivity index (χ1v) is 12.5. The third kappa shape index (κ3) is 3.01. The fraction of sp³-hybridized carbons (Fsp3) is 0.571. The van der Waals surface area contributed by atoms with Crippen molar-refractivity contribution < 1.29 is 9.84 Å². The SMILES string of the molecule is COc1ccc(-c2nc(N)nc3c2C[C@H]2[C@H]4CC=C5C[C@@H](O)CC[C@]5(C)[C@H]4CC[C@]32C)cc1. The zero-order chi connectivity index (χ0) is 23.0. The molecule has 1 aromatic heterocycles. The summed E-state index contributed by atoms with van der Waals surface area (Å²) in [4.78, 5) is 9.61. The number of aliphatic hydroxyl groups is 1. The summed E-state index contributed by atoms with van der Waals surface area (Å²) in [6.45, 7) is 4.91. The first-order chi connectivity index (χ1) is 15.8. The lowest BCUT2D eigenvalue weighted by molar-refractivity contribution is -0.0169. The van der Waals surface area contributed by atoms with E-state index in [4.69, 9.17) is 20.4 Å². The number of nitrogens with two attached hydrogens (primary N) is 1. The number of ether oxygens (including phenoxy) is 1. The Morgan fingerprint density at radius 1 is 1.00 bits per heavy atom. The number of rotatable bonds is 2. The van der Waals surface area contributed by atoms with Crippen LogP contribution in [0.25, 0.3) is 11.3 Å². The third-order valence-corrected chi connectivity index (χ3v) is 9.82. The first kappa shape index (κ1) is 21.2. The van der Waals surface area contributed by atoms with Gasteiger partial charge in [-0.1, -0.05) is 25.5 Å². The van der Waals surface area contributed by atoms with E-state index in [1.54, 1.807) is 7.11 Å². The second-order valence-corrected chi connectivity index (χ2v) is 11.3. The highest BCUT2D eigenvalue weighted by atomic mass is 16.5. The average Bonchev–Trinajstić information content (AvgIpc) is 3.11. The number of nitrogen functional groups attached to an aromatic ring is 1. The Morgan fingerprint density at radius 2 is 1.76 bits per heavy atom. The van der Waals surface area contributed by atoms with Gasteiger partial charge >= 0.3 is 0 Å². The highest BCUT2D eigenvalue weighted by Gasteiger charge is 2.58. The van der Waals surface area contributed by atoms with Gasteiger partial charge in [0.2, 0.25) is 5.95 Å². The van der Waals surface area contributed by atoms with Gasteiger partial charge in [0.05, 0.1) is 24.6 Å². The minimum absolute atomic E-state index is 0.0463. The minimum Gasteiger partial charge on any atom is -0.497 e. The van der Waals surface area contributed by atoms with Crippen molar-refractivity contribution in [1.29, 1.82) is 0 Å². The molecule has 5 nitrogen and oxygen atoms in total. The van der Waals surface area contributed by atoms with Crippen molar-refractivity contribution >= 4 is 5.95 Å². The van der Waals surface area contributed by atoms with E-state index in [2.05, 4.69) is 32.1 Å². The third-order valence-electron chi connectivity index (χ3n) is 9.82. The quantitative estimate of drug-likeness (QED) is 0.631. The molecule has 0 saturated heterocycles. The van der Waals surface area contributed by atoms with Crippen LogP contribution in [0, 0.1) is 23.2 Å². The van der Waals surface area contributed by atoms with Gasteiger partial charge in [0.15, 0.2) is 0 Å². The molecule has 3 N–H and O–H groups in total. The molecule has 0 bridgehead atoms. The van der Waals surface area contributed by atoms with E-state index in [-0.39, 0.29) is 16.9 Å². The van der Waals surface area contributed by atoms with E-state index >= 15 is 0 Å². The molecule has 1 aromatic carbocycles. The maximum atomic E-state index is 10.3. The van der Waals surface area contributed by atoms with Gasteiger partial charge in [0.1, 0.15) is 5.75 Å². The van der Waals surface area contributed by atoms with Crippen LogP contribution < -0.4 is 10.5 Å². The largest absolute Gasteiger partial charge is 0.497 e. The molecule has 4 aliphatic rings. The fourth-order valence-electron chi connectivity index (χ4n) is 8.01. The summed E-state index contributed by atoms with van der Waals surface area (Å²) in [6, 6.07) is 8.15. The van der Waals surface area contributed by atoms with Crippen molar-refractivity contribution in [3.05, 3.63) is 47.2 Å². The Hall–Kier alpha value is -2.40. The number of benzene rings is 1. The lowest BCUT2D eigenvalue weighted by Crippen LogP contribution is -2.51. The predicted octanol–water partition coefficient (Wildman–Crippen LogP) is 5.07. The number of aliphatic hydroxyl groups excluding tert-OH is 1. The van der Waals surface area contributed by atoms with Crippen LogP contribution in [0.2, 0.25) is 0 Å². The zero-order valence-corrected chi connectivity index (χ0v) is 20.0. The lowest BCUT2D eigenvalue weighted by atomic mass is 9.48. The summed E-state index contributed by atoms with van der Waals surface area (Å²) in [5, 5.41) is 10.3. The van der Waals surface area contributed by atoms with Gasteiger partial charge in [-0.2, -0.15) is 0 Å². The van der Waals surface area contributed by atoms with Crippen LogP contribution in [-0.2, 0) is 11.8 Å². The molecule has 0 amide bonds. The molecule has 4 aliphatic carbocycles. The number of anilines is 1. The number of fused-ring (bicyclic) bond motifs is 7. The molecule has 0 spiro atoms. The van der Waals surface area contributed by atoms with Crippen molar-refractivity contribution in [1.82, 2.24) is 9.97 Å². The van der Waals surface area contributed by atoms with E-state index in [0.29, 0.717) is 23.7 Å². The predicted molar refractivity (Wildman–Crippen MR) is 130 cm³/mol. The Kier molecular flexibility index (Phi) is 4.68. The zero-order valence-electron chi connectivity index (χ0n) is 20.0.